The molecule has 0 atom stereocenters. The summed E-state index contributed by atoms with van der Waals surface area (Å²) < 4.78 is 0. The molecule has 1 fully saturated rings. The summed E-state index contributed by atoms with van der Waals surface area (Å²) in [6.07, 6.45) is 2.61. The number of rotatable bonds is 2. The molecule has 1 aliphatic carbocycles. The van der Waals surface area contributed by atoms with Crippen LogP contribution in [0.3, 0.4) is 0 Å². The van der Waals surface area contributed by atoms with Gasteiger partial charge < -0.3 is 5.73 Å². The molecule has 1 saturated carbocycles. The second kappa shape index (κ2) is 3.25. The van der Waals surface area contributed by atoms with Gasteiger partial charge in [0.15, 0.2) is 0 Å². The molecule has 0 radical (unpaired) electrons. The fraction of sp³-hybridized carbons (Fsp3) is 0.500. The summed E-state index contributed by atoms with van der Waals surface area (Å²) in [5.74, 6) is 0.752. The fourth-order valence-electron chi connectivity index (χ4n) is 1.72. The lowest BCUT2D eigenvalue weighted by molar-refractivity contribution is 0.554. The minimum atomic E-state index is -0.348. The molecule has 0 bridgehead atoms. The highest BCUT2D eigenvalue weighted by atomic mass is 35.5. The SMILES string of the molecule is CC(C)(N)c1ccc(C2CC2)cc1Cl. The van der Waals surface area contributed by atoms with E-state index in [0.29, 0.717) is 0 Å². The predicted octanol–water partition coefficient (Wildman–Crippen LogP) is 3.41. The highest BCUT2D eigenvalue weighted by molar-refractivity contribution is 6.31. The van der Waals surface area contributed by atoms with E-state index >= 15 is 0 Å². The first kappa shape index (κ1) is 10.0. The van der Waals surface area contributed by atoms with Crippen molar-refractivity contribution in [1.82, 2.24) is 0 Å². The van der Waals surface area contributed by atoms with E-state index in [1.54, 1.807) is 0 Å². The van der Waals surface area contributed by atoms with E-state index in [0.717, 1.165) is 16.5 Å². The van der Waals surface area contributed by atoms with E-state index in [1.165, 1.54) is 18.4 Å². The van der Waals surface area contributed by atoms with Gasteiger partial charge in [-0.15, -0.1) is 0 Å². The van der Waals surface area contributed by atoms with Crippen molar-refractivity contribution in [3.63, 3.8) is 0 Å². The first-order chi connectivity index (χ1) is 6.48. The maximum absolute atomic E-state index is 6.21. The van der Waals surface area contributed by atoms with Crippen LogP contribution in [0, 0.1) is 0 Å². The van der Waals surface area contributed by atoms with Gasteiger partial charge in [-0.3, -0.25) is 0 Å². The van der Waals surface area contributed by atoms with Crippen molar-refractivity contribution in [3.05, 3.63) is 34.3 Å². The zero-order valence-electron chi connectivity index (χ0n) is 8.68. The second-order valence-corrected chi connectivity index (χ2v) is 5.14. The third-order valence-corrected chi connectivity index (χ3v) is 3.05. The van der Waals surface area contributed by atoms with Gasteiger partial charge in [0.2, 0.25) is 0 Å². The van der Waals surface area contributed by atoms with Crippen molar-refractivity contribution in [2.24, 2.45) is 5.73 Å². The van der Waals surface area contributed by atoms with Crippen molar-refractivity contribution in [2.75, 3.05) is 0 Å². The summed E-state index contributed by atoms with van der Waals surface area (Å²) in [4.78, 5) is 0. The van der Waals surface area contributed by atoms with E-state index in [2.05, 4.69) is 18.2 Å². The molecule has 2 rings (SSSR count). The first-order valence-electron chi connectivity index (χ1n) is 5.07. The molecule has 0 unspecified atom stereocenters. The molecule has 0 saturated heterocycles. The van der Waals surface area contributed by atoms with E-state index in [4.69, 9.17) is 17.3 Å². The summed E-state index contributed by atoms with van der Waals surface area (Å²) in [6, 6.07) is 6.30. The Bertz CT molecular complexity index is 348. The molecule has 1 aliphatic rings. The predicted molar refractivity (Wildman–Crippen MR) is 60.6 cm³/mol. The van der Waals surface area contributed by atoms with Gasteiger partial charge in [0, 0.05) is 10.6 Å². The van der Waals surface area contributed by atoms with Crippen LogP contribution < -0.4 is 5.73 Å². The molecule has 2 N–H and O–H groups in total. The quantitative estimate of drug-likeness (QED) is 0.794. The summed E-state index contributed by atoms with van der Waals surface area (Å²) >= 11 is 6.21. The van der Waals surface area contributed by atoms with Gasteiger partial charge in [-0.1, -0.05) is 23.7 Å². The molecule has 1 aromatic carbocycles. The molecule has 2 heteroatoms. The van der Waals surface area contributed by atoms with Gasteiger partial charge in [-0.05, 0) is 49.8 Å². The van der Waals surface area contributed by atoms with Gasteiger partial charge in [0.1, 0.15) is 0 Å². The lowest BCUT2D eigenvalue weighted by Crippen LogP contribution is -2.28. The average Bonchev–Trinajstić information content (AvgIpc) is 2.83. The summed E-state index contributed by atoms with van der Waals surface area (Å²) in [6.45, 7) is 3.95. The van der Waals surface area contributed by atoms with Gasteiger partial charge >= 0.3 is 0 Å². The Morgan fingerprint density at radius 1 is 1.36 bits per heavy atom. The monoisotopic (exact) mass is 209 g/mol. The maximum Gasteiger partial charge on any atom is 0.0459 e. The second-order valence-electron chi connectivity index (χ2n) is 4.74. The van der Waals surface area contributed by atoms with Crippen molar-refractivity contribution >= 4 is 11.6 Å². The van der Waals surface area contributed by atoms with E-state index in [1.807, 2.05) is 13.8 Å². The van der Waals surface area contributed by atoms with Gasteiger partial charge in [0.05, 0.1) is 0 Å². The highest BCUT2D eigenvalue weighted by Gasteiger charge is 2.25. The first-order valence-corrected chi connectivity index (χ1v) is 5.45. The van der Waals surface area contributed by atoms with E-state index in [9.17, 15) is 0 Å². The van der Waals surface area contributed by atoms with Crippen LogP contribution >= 0.6 is 11.6 Å². The molecule has 1 nitrogen and oxygen atoms in total. The van der Waals surface area contributed by atoms with Gasteiger partial charge in [0.25, 0.3) is 0 Å². The maximum atomic E-state index is 6.21. The summed E-state index contributed by atoms with van der Waals surface area (Å²) in [5.41, 5.74) is 8.06. The van der Waals surface area contributed by atoms with Crippen LogP contribution in [0.2, 0.25) is 5.02 Å². The lowest BCUT2D eigenvalue weighted by Gasteiger charge is -2.21. The fourth-order valence-corrected chi connectivity index (χ4v) is 2.16. The Labute approximate surface area is 90.3 Å². The van der Waals surface area contributed by atoms with E-state index < -0.39 is 0 Å². The number of nitrogens with two attached hydrogens (primary N) is 1. The van der Waals surface area contributed by atoms with Crippen molar-refractivity contribution in [1.29, 1.82) is 0 Å². The lowest BCUT2D eigenvalue weighted by atomic mass is 9.94. The Morgan fingerprint density at radius 2 is 2.00 bits per heavy atom. The summed E-state index contributed by atoms with van der Waals surface area (Å²) in [7, 11) is 0. The van der Waals surface area contributed by atoms with Gasteiger partial charge in [-0.25, -0.2) is 0 Å². The average molecular weight is 210 g/mol. The molecule has 0 amide bonds. The topological polar surface area (TPSA) is 26.0 Å². The molecule has 1 aromatic rings. The Hall–Kier alpha value is -0.530. The molecule has 0 aliphatic heterocycles. The number of benzene rings is 1. The zero-order chi connectivity index (χ0) is 10.3. The summed E-state index contributed by atoms with van der Waals surface area (Å²) in [5, 5.41) is 0.807. The number of halogens is 1. The molecule has 76 valence electrons. The molecule has 0 aromatic heterocycles. The Balaban J connectivity index is 2.35. The van der Waals surface area contributed by atoms with Crippen LogP contribution in [0.25, 0.3) is 0 Å². The van der Waals surface area contributed by atoms with Gasteiger partial charge in [-0.2, -0.15) is 0 Å². The van der Waals surface area contributed by atoms with Crippen LogP contribution in [-0.4, -0.2) is 0 Å². The zero-order valence-corrected chi connectivity index (χ0v) is 9.43. The Morgan fingerprint density at radius 3 is 2.43 bits per heavy atom. The van der Waals surface area contributed by atoms with Crippen LogP contribution in [0.1, 0.15) is 43.7 Å². The molecular formula is C12H16ClN. The molecule has 0 heterocycles. The molecule has 14 heavy (non-hydrogen) atoms. The number of hydrogen-bond acceptors (Lipinski definition) is 1. The van der Waals surface area contributed by atoms with E-state index in [-0.39, 0.29) is 5.54 Å². The minimum absolute atomic E-state index is 0.348. The third kappa shape index (κ3) is 1.94. The highest BCUT2D eigenvalue weighted by Crippen LogP contribution is 2.41. The third-order valence-electron chi connectivity index (χ3n) is 2.74. The number of hydrogen-bond donors (Lipinski definition) is 1. The standard InChI is InChI=1S/C12H16ClN/c1-12(2,14)10-6-5-9(7-11(10)13)8-3-4-8/h5-8H,3-4,14H2,1-2H3. The van der Waals surface area contributed by atoms with Crippen LogP contribution in [0.5, 0.6) is 0 Å². The van der Waals surface area contributed by atoms with Crippen LogP contribution in [-0.2, 0) is 5.54 Å². The minimum Gasteiger partial charge on any atom is -0.322 e. The van der Waals surface area contributed by atoms with Crippen molar-refractivity contribution in [3.8, 4) is 0 Å². The van der Waals surface area contributed by atoms with Crippen LogP contribution in [0.4, 0.5) is 0 Å². The van der Waals surface area contributed by atoms with Crippen molar-refractivity contribution < 1.29 is 0 Å². The normalized spacial score (nSPS) is 17.1. The largest absolute Gasteiger partial charge is 0.322 e. The van der Waals surface area contributed by atoms with Crippen LogP contribution in [0.15, 0.2) is 18.2 Å². The van der Waals surface area contributed by atoms with Crippen molar-refractivity contribution in [2.45, 2.75) is 38.1 Å². The smallest absolute Gasteiger partial charge is 0.0459 e. The molecular weight excluding hydrogens is 194 g/mol. The molecule has 0 spiro atoms. The Kier molecular flexibility index (Phi) is 2.32.